The number of hydrogen-bond donors (Lipinski definition) is 2. The van der Waals surface area contributed by atoms with Gasteiger partial charge >= 0.3 is 0 Å². The molecule has 4 rings (SSSR count). The van der Waals surface area contributed by atoms with Gasteiger partial charge in [0.2, 0.25) is 0 Å². The maximum Gasteiger partial charge on any atom is 0.195 e. The van der Waals surface area contributed by atoms with Crippen molar-refractivity contribution in [2.75, 3.05) is 11.5 Å². The molecule has 0 bridgehead atoms. The standard InChI is InChI=1S/C28H26N2O2/c1-15-5-9-21(23(29)13-15)27(31)25-17(3)7-12-20-19(25)11-8-18(4)26(20)28(32)22-10-6-16(2)14-24(22)30/h5-14H,29-30H2,1-4H3. The number of carbonyl (C=O) groups excluding carboxylic acids is 2. The van der Waals surface area contributed by atoms with E-state index < -0.39 is 0 Å². The highest BCUT2D eigenvalue weighted by Gasteiger charge is 2.22. The highest BCUT2D eigenvalue weighted by molar-refractivity contribution is 6.24. The third-order valence-corrected chi connectivity index (χ3v) is 5.98. The van der Waals surface area contributed by atoms with Gasteiger partial charge in [-0.15, -0.1) is 0 Å². The highest BCUT2D eigenvalue weighted by atomic mass is 16.1. The lowest BCUT2D eigenvalue weighted by Gasteiger charge is -2.16. The number of anilines is 2. The second-order valence-electron chi connectivity index (χ2n) is 8.45. The van der Waals surface area contributed by atoms with Crippen LogP contribution in [-0.2, 0) is 0 Å². The van der Waals surface area contributed by atoms with Gasteiger partial charge in [0.25, 0.3) is 0 Å². The minimum Gasteiger partial charge on any atom is -0.398 e. The first kappa shape index (κ1) is 21.3. The third kappa shape index (κ3) is 3.54. The molecule has 4 heteroatoms. The lowest BCUT2D eigenvalue weighted by Crippen LogP contribution is -2.11. The van der Waals surface area contributed by atoms with Crippen LogP contribution in [0.15, 0.2) is 60.7 Å². The monoisotopic (exact) mass is 422 g/mol. The Morgan fingerprint density at radius 1 is 0.562 bits per heavy atom. The quantitative estimate of drug-likeness (QED) is 0.326. The number of rotatable bonds is 4. The number of carbonyl (C=O) groups is 2. The number of fused-ring (bicyclic) bond motifs is 1. The summed E-state index contributed by atoms with van der Waals surface area (Å²) < 4.78 is 0. The third-order valence-electron chi connectivity index (χ3n) is 5.98. The zero-order valence-electron chi connectivity index (χ0n) is 18.7. The van der Waals surface area contributed by atoms with Crippen molar-refractivity contribution < 1.29 is 9.59 Å². The topological polar surface area (TPSA) is 86.2 Å². The first-order valence-corrected chi connectivity index (χ1v) is 10.5. The molecule has 0 radical (unpaired) electrons. The Labute approximate surface area is 187 Å². The van der Waals surface area contributed by atoms with Crippen molar-refractivity contribution in [3.05, 3.63) is 105 Å². The second kappa shape index (κ2) is 7.97. The van der Waals surface area contributed by atoms with Gasteiger partial charge in [-0.25, -0.2) is 0 Å². The van der Waals surface area contributed by atoms with Gasteiger partial charge in [-0.1, -0.05) is 36.4 Å². The summed E-state index contributed by atoms with van der Waals surface area (Å²) in [4.78, 5) is 27.1. The molecule has 0 atom stereocenters. The summed E-state index contributed by atoms with van der Waals surface area (Å²) >= 11 is 0. The molecular formula is C28H26N2O2. The van der Waals surface area contributed by atoms with Crippen LogP contribution < -0.4 is 11.5 Å². The van der Waals surface area contributed by atoms with E-state index in [9.17, 15) is 9.59 Å². The van der Waals surface area contributed by atoms with Crippen molar-refractivity contribution in [3.8, 4) is 0 Å². The zero-order valence-corrected chi connectivity index (χ0v) is 18.7. The van der Waals surface area contributed by atoms with Crippen LogP contribution in [0.2, 0.25) is 0 Å². The molecule has 0 aliphatic rings. The van der Waals surface area contributed by atoms with Crippen LogP contribution in [0.25, 0.3) is 10.8 Å². The van der Waals surface area contributed by atoms with Gasteiger partial charge in [-0.05, 0) is 85.0 Å². The van der Waals surface area contributed by atoms with Crippen LogP contribution in [0, 0.1) is 27.7 Å². The van der Waals surface area contributed by atoms with E-state index in [-0.39, 0.29) is 11.6 Å². The fourth-order valence-corrected chi connectivity index (χ4v) is 4.27. The SMILES string of the molecule is Cc1ccc(C(=O)c2c(C)ccc3c(C(=O)c4ccc(C)cc4N)c(C)ccc23)c(N)c1. The van der Waals surface area contributed by atoms with Crippen LogP contribution in [0.4, 0.5) is 11.4 Å². The number of nitrogens with two attached hydrogens (primary N) is 2. The van der Waals surface area contributed by atoms with Gasteiger partial charge in [-0.2, -0.15) is 0 Å². The average Bonchev–Trinajstić information content (AvgIpc) is 2.73. The maximum atomic E-state index is 13.6. The fraction of sp³-hybridized carbons (Fsp3) is 0.143. The van der Waals surface area contributed by atoms with E-state index >= 15 is 0 Å². The number of benzene rings is 4. The van der Waals surface area contributed by atoms with Gasteiger partial charge in [0.1, 0.15) is 0 Å². The number of hydrogen-bond acceptors (Lipinski definition) is 4. The molecule has 0 fully saturated rings. The van der Waals surface area contributed by atoms with Gasteiger partial charge in [0.15, 0.2) is 11.6 Å². The Hall–Kier alpha value is -3.92. The Kier molecular flexibility index (Phi) is 5.31. The summed E-state index contributed by atoms with van der Waals surface area (Å²) in [5.74, 6) is -0.301. The van der Waals surface area contributed by atoms with Crippen molar-refractivity contribution in [1.29, 1.82) is 0 Å². The molecular weight excluding hydrogens is 396 g/mol. The molecule has 160 valence electrons. The second-order valence-corrected chi connectivity index (χ2v) is 8.45. The van der Waals surface area contributed by atoms with Crippen molar-refractivity contribution in [2.24, 2.45) is 0 Å². The molecule has 0 saturated heterocycles. The predicted molar refractivity (Wildman–Crippen MR) is 131 cm³/mol. The van der Waals surface area contributed by atoms with Crippen LogP contribution >= 0.6 is 0 Å². The largest absolute Gasteiger partial charge is 0.398 e. The van der Waals surface area contributed by atoms with Crippen molar-refractivity contribution in [1.82, 2.24) is 0 Å². The number of nitrogen functional groups attached to an aromatic ring is 2. The van der Waals surface area contributed by atoms with Crippen LogP contribution in [0.1, 0.15) is 54.1 Å². The molecule has 4 aromatic carbocycles. The Bertz CT molecular complexity index is 1310. The summed E-state index contributed by atoms with van der Waals surface area (Å²) in [6.45, 7) is 7.67. The van der Waals surface area contributed by atoms with Crippen molar-refractivity contribution in [3.63, 3.8) is 0 Å². The van der Waals surface area contributed by atoms with E-state index in [1.165, 1.54) is 0 Å². The van der Waals surface area contributed by atoms with Gasteiger partial charge < -0.3 is 11.5 Å². The van der Waals surface area contributed by atoms with E-state index in [4.69, 9.17) is 11.5 Å². The predicted octanol–water partition coefficient (Wildman–Crippen LogP) is 5.70. The van der Waals surface area contributed by atoms with E-state index in [1.54, 1.807) is 24.3 Å². The maximum absolute atomic E-state index is 13.6. The number of ketones is 2. The average molecular weight is 423 g/mol. The summed E-state index contributed by atoms with van der Waals surface area (Å²) in [7, 11) is 0. The molecule has 0 aliphatic heterocycles. The first-order valence-electron chi connectivity index (χ1n) is 10.5. The minimum atomic E-state index is -0.150. The molecule has 32 heavy (non-hydrogen) atoms. The summed E-state index contributed by atoms with van der Waals surface area (Å²) in [5, 5.41) is 1.46. The normalized spacial score (nSPS) is 11.0. The van der Waals surface area contributed by atoms with Crippen molar-refractivity contribution >= 4 is 33.7 Å². The summed E-state index contributed by atoms with van der Waals surface area (Å²) in [6.07, 6.45) is 0. The van der Waals surface area contributed by atoms with Gasteiger partial charge in [0.05, 0.1) is 0 Å². The highest BCUT2D eigenvalue weighted by Crippen LogP contribution is 2.32. The minimum absolute atomic E-state index is 0.150. The zero-order chi connectivity index (χ0) is 23.2. The van der Waals surface area contributed by atoms with Crippen LogP contribution in [-0.4, -0.2) is 11.6 Å². The van der Waals surface area contributed by atoms with Crippen molar-refractivity contribution in [2.45, 2.75) is 27.7 Å². The molecule has 0 aromatic heterocycles. The molecule has 4 nitrogen and oxygen atoms in total. The lowest BCUT2D eigenvalue weighted by atomic mass is 9.87. The Morgan fingerprint density at radius 3 is 1.28 bits per heavy atom. The van der Waals surface area contributed by atoms with E-state index in [2.05, 4.69) is 0 Å². The van der Waals surface area contributed by atoms with Gasteiger partial charge in [-0.3, -0.25) is 9.59 Å². The molecule has 0 unspecified atom stereocenters. The first-order chi connectivity index (χ1) is 15.2. The van der Waals surface area contributed by atoms with Gasteiger partial charge in [0, 0.05) is 33.6 Å². The molecule has 0 saturated carbocycles. The number of aryl methyl sites for hydroxylation is 4. The summed E-state index contributed by atoms with van der Waals surface area (Å²) in [5.41, 5.74) is 18.9. The van der Waals surface area contributed by atoms with E-state index in [0.717, 1.165) is 33.0 Å². The van der Waals surface area contributed by atoms with Crippen LogP contribution in [0.5, 0.6) is 0 Å². The fourth-order valence-electron chi connectivity index (χ4n) is 4.27. The Balaban J connectivity index is 1.95. The molecule has 0 amide bonds. The lowest BCUT2D eigenvalue weighted by molar-refractivity contribution is 0.103. The smallest absolute Gasteiger partial charge is 0.195 e. The molecule has 0 spiro atoms. The van der Waals surface area contributed by atoms with Crippen LogP contribution in [0.3, 0.4) is 0 Å². The molecule has 0 aliphatic carbocycles. The molecule has 4 N–H and O–H groups in total. The van der Waals surface area contributed by atoms with E-state index in [1.807, 2.05) is 64.1 Å². The summed E-state index contributed by atoms with van der Waals surface area (Å²) in [6, 6.07) is 18.5. The molecule has 4 aromatic rings. The van der Waals surface area contributed by atoms with E-state index in [0.29, 0.717) is 33.6 Å². The Morgan fingerprint density at radius 2 is 0.938 bits per heavy atom. The molecule has 0 heterocycles.